The third-order valence-electron chi connectivity index (χ3n) is 4.55. The molecule has 2 aromatic carbocycles. The number of esters is 1. The molecule has 1 heterocycles. The lowest BCUT2D eigenvalue weighted by Gasteiger charge is -2.21. The first kappa shape index (κ1) is 21.1. The summed E-state index contributed by atoms with van der Waals surface area (Å²) in [6.45, 7) is 4.00. The zero-order valence-corrected chi connectivity index (χ0v) is 18.0. The molecule has 0 spiro atoms. The highest BCUT2D eigenvalue weighted by atomic mass is 32.2. The van der Waals surface area contributed by atoms with Crippen molar-refractivity contribution in [2.75, 3.05) is 7.11 Å². The van der Waals surface area contributed by atoms with Gasteiger partial charge in [-0.05, 0) is 49.2 Å². The lowest BCUT2D eigenvalue weighted by atomic mass is 10.1. The molecular weight excluding hydrogens is 406 g/mol. The third kappa shape index (κ3) is 4.68. The highest BCUT2D eigenvalue weighted by molar-refractivity contribution is 8.26. The monoisotopic (exact) mass is 427 g/mol. The van der Waals surface area contributed by atoms with Crippen LogP contribution in [0, 0.1) is 0 Å². The zero-order valence-electron chi connectivity index (χ0n) is 16.4. The maximum atomic E-state index is 12.7. The lowest BCUT2D eigenvalue weighted by Crippen LogP contribution is -2.36. The molecule has 1 fully saturated rings. The molecule has 2 aromatic rings. The molecule has 3 rings (SSSR count). The maximum absolute atomic E-state index is 12.7. The van der Waals surface area contributed by atoms with Crippen molar-refractivity contribution in [1.82, 2.24) is 4.90 Å². The largest absolute Gasteiger partial charge is 0.493 e. The number of carbonyl (C=O) groups is 2. The Morgan fingerprint density at radius 3 is 2.59 bits per heavy atom. The summed E-state index contributed by atoms with van der Waals surface area (Å²) < 4.78 is 11.4. The molecule has 7 heteroatoms. The van der Waals surface area contributed by atoms with E-state index in [2.05, 4.69) is 0 Å². The normalized spacial score (nSPS) is 16.2. The van der Waals surface area contributed by atoms with Gasteiger partial charge >= 0.3 is 5.97 Å². The van der Waals surface area contributed by atoms with Crippen molar-refractivity contribution in [2.24, 2.45) is 0 Å². The van der Waals surface area contributed by atoms with Crippen LogP contribution in [-0.2, 0) is 4.79 Å². The van der Waals surface area contributed by atoms with Crippen molar-refractivity contribution in [2.45, 2.75) is 26.3 Å². The lowest BCUT2D eigenvalue weighted by molar-refractivity contribution is -0.123. The van der Waals surface area contributed by atoms with Crippen LogP contribution in [0.3, 0.4) is 0 Å². The van der Waals surface area contributed by atoms with Gasteiger partial charge in [0.25, 0.3) is 5.91 Å². The van der Waals surface area contributed by atoms with Crippen LogP contribution in [0.4, 0.5) is 0 Å². The molecule has 1 unspecified atom stereocenters. The molecular formula is C22H21NO4S2. The average molecular weight is 428 g/mol. The Hall–Kier alpha value is -2.64. The van der Waals surface area contributed by atoms with E-state index in [9.17, 15) is 9.59 Å². The van der Waals surface area contributed by atoms with Crippen LogP contribution in [0.1, 0.15) is 36.2 Å². The number of methoxy groups -OCH3 is 1. The molecule has 1 aliphatic heterocycles. The van der Waals surface area contributed by atoms with E-state index in [4.69, 9.17) is 21.7 Å². The van der Waals surface area contributed by atoms with E-state index < -0.39 is 5.97 Å². The van der Waals surface area contributed by atoms with Gasteiger partial charge in [-0.25, -0.2) is 4.79 Å². The fourth-order valence-electron chi connectivity index (χ4n) is 2.79. The van der Waals surface area contributed by atoms with Crippen LogP contribution < -0.4 is 9.47 Å². The summed E-state index contributed by atoms with van der Waals surface area (Å²) in [7, 11) is 1.50. The predicted molar refractivity (Wildman–Crippen MR) is 119 cm³/mol. The summed E-state index contributed by atoms with van der Waals surface area (Å²) >= 11 is 6.65. The van der Waals surface area contributed by atoms with Gasteiger partial charge in [0.05, 0.1) is 17.6 Å². The number of hydrogen-bond donors (Lipinski definition) is 0. The van der Waals surface area contributed by atoms with E-state index in [1.54, 1.807) is 53.4 Å². The Morgan fingerprint density at radius 2 is 1.93 bits per heavy atom. The molecule has 0 N–H and O–H groups in total. The number of nitrogens with zero attached hydrogens (tertiary/aromatic N) is 1. The minimum Gasteiger partial charge on any atom is -0.493 e. The predicted octanol–water partition coefficient (Wildman–Crippen LogP) is 4.91. The first-order chi connectivity index (χ1) is 13.9. The fraction of sp³-hybridized carbons (Fsp3) is 0.227. The van der Waals surface area contributed by atoms with E-state index in [-0.39, 0.29) is 11.9 Å². The smallest absolute Gasteiger partial charge is 0.343 e. The van der Waals surface area contributed by atoms with Crippen LogP contribution in [0.5, 0.6) is 11.5 Å². The Labute approximate surface area is 179 Å². The minimum atomic E-state index is -0.467. The number of benzene rings is 2. The molecule has 0 radical (unpaired) electrons. The molecule has 0 aliphatic carbocycles. The van der Waals surface area contributed by atoms with Gasteiger partial charge in [0.2, 0.25) is 0 Å². The van der Waals surface area contributed by atoms with Crippen molar-refractivity contribution in [3.05, 3.63) is 64.6 Å². The number of thiocarbonyl (C=S) groups is 1. The number of carbonyl (C=O) groups excluding carboxylic acids is 2. The van der Waals surface area contributed by atoms with Gasteiger partial charge in [-0.3, -0.25) is 9.69 Å². The fourth-order valence-corrected chi connectivity index (χ4v) is 4.25. The van der Waals surface area contributed by atoms with Crippen LogP contribution in [0.25, 0.3) is 6.08 Å². The molecule has 1 amide bonds. The number of rotatable bonds is 6. The number of ether oxygens (including phenoxy) is 2. The summed E-state index contributed by atoms with van der Waals surface area (Å²) in [4.78, 5) is 27.2. The maximum Gasteiger partial charge on any atom is 0.343 e. The SMILES string of the molecule is CCC(C)N1C(=O)/C(=C/c2ccc(OC(=O)c3ccccc3)c(OC)c2)SC1=S. The molecule has 0 saturated carbocycles. The Morgan fingerprint density at radius 1 is 1.21 bits per heavy atom. The van der Waals surface area contributed by atoms with E-state index >= 15 is 0 Å². The number of thioether (sulfide) groups is 1. The van der Waals surface area contributed by atoms with Gasteiger partial charge in [-0.1, -0.05) is 55.2 Å². The Kier molecular flexibility index (Phi) is 6.71. The highest BCUT2D eigenvalue weighted by Gasteiger charge is 2.34. The van der Waals surface area contributed by atoms with Gasteiger partial charge in [-0.2, -0.15) is 0 Å². The summed E-state index contributed by atoms with van der Waals surface area (Å²) in [5.41, 5.74) is 1.21. The summed E-state index contributed by atoms with van der Waals surface area (Å²) in [5.74, 6) is 0.157. The molecule has 150 valence electrons. The second-order valence-electron chi connectivity index (χ2n) is 6.47. The van der Waals surface area contributed by atoms with E-state index in [1.807, 2.05) is 19.9 Å². The van der Waals surface area contributed by atoms with Crippen molar-refractivity contribution < 1.29 is 19.1 Å². The Balaban J connectivity index is 1.82. The average Bonchev–Trinajstić information content (AvgIpc) is 3.02. The highest BCUT2D eigenvalue weighted by Crippen LogP contribution is 2.36. The molecule has 5 nitrogen and oxygen atoms in total. The van der Waals surface area contributed by atoms with Crippen LogP contribution in [0.2, 0.25) is 0 Å². The molecule has 0 bridgehead atoms. The standard InChI is InChI=1S/C22H21NO4S2/c1-4-14(2)23-20(24)19(29-22(23)28)13-15-10-11-17(18(12-15)26-3)27-21(25)16-8-6-5-7-9-16/h5-14H,4H2,1-3H3/b19-13-. The molecule has 0 aromatic heterocycles. The van der Waals surface area contributed by atoms with E-state index in [0.29, 0.717) is 26.3 Å². The van der Waals surface area contributed by atoms with E-state index in [1.165, 1.54) is 18.9 Å². The summed E-state index contributed by atoms with van der Waals surface area (Å²) in [6, 6.07) is 13.9. The minimum absolute atomic E-state index is 0.0581. The first-order valence-corrected chi connectivity index (χ1v) is 10.4. The van der Waals surface area contributed by atoms with Gasteiger partial charge in [0.15, 0.2) is 11.5 Å². The van der Waals surface area contributed by atoms with Crippen molar-refractivity contribution in [3.8, 4) is 11.5 Å². The zero-order chi connectivity index (χ0) is 21.0. The van der Waals surface area contributed by atoms with Crippen LogP contribution in [0.15, 0.2) is 53.4 Å². The van der Waals surface area contributed by atoms with Gasteiger partial charge in [-0.15, -0.1) is 0 Å². The van der Waals surface area contributed by atoms with Gasteiger partial charge in [0.1, 0.15) is 4.32 Å². The molecule has 1 aliphatic rings. The number of amides is 1. The van der Waals surface area contributed by atoms with Crippen LogP contribution >= 0.6 is 24.0 Å². The van der Waals surface area contributed by atoms with Gasteiger partial charge < -0.3 is 9.47 Å². The van der Waals surface area contributed by atoms with E-state index in [0.717, 1.165) is 12.0 Å². The Bertz CT molecular complexity index is 972. The molecule has 1 saturated heterocycles. The summed E-state index contributed by atoms with van der Waals surface area (Å²) in [5, 5.41) is 0. The second kappa shape index (κ2) is 9.24. The molecule has 29 heavy (non-hydrogen) atoms. The second-order valence-corrected chi connectivity index (χ2v) is 8.15. The summed E-state index contributed by atoms with van der Waals surface area (Å²) in [6.07, 6.45) is 2.60. The third-order valence-corrected chi connectivity index (χ3v) is 5.88. The van der Waals surface area contributed by atoms with Gasteiger partial charge in [0, 0.05) is 6.04 Å². The van der Waals surface area contributed by atoms with Crippen molar-refractivity contribution in [3.63, 3.8) is 0 Å². The van der Waals surface area contributed by atoms with Crippen LogP contribution in [-0.4, -0.2) is 34.2 Å². The molecule has 1 atom stereocenters. The quantitative estimate of drug-likeness (QED) is 0.282. The van der Waals surface area contributed by atoms with Crippen molar-refractivity contribution >= 4 is 46.3 Å². The first-order valence-electron chi connectivity index (χ1n) is 9.17. The number of hydrogen-bond acceptors (Lipinski definition) is 6. The van der Waals surface area contributed by atoms with Crippen molar-refractivity contribution in [1.29, 1.82) is 0 Å². The topological polar surface area (TPSA) is 55.8 Å².